The third-order valence-electron chi connectivity index (χ3n) is 9.58. The van der Waals surface area contributed by atoms with E-state index >= 15 is 0 Å². The summed E-state index contributed by atoms with van der Waals surface area (Å²) < 4.78 is 2.19. The first-order valence-electron chi connectivity index (χ1n) is 16.2. The molecule has 0 fully saturated rings. The molecule has 0 saturated heterocycles. The molecule has 0 aliphatic rings. The van der Waals surface area contributed by atoms with Gasteiger partial charge in [0.15, 0.2) is 0 Å². The molecule has 9 rings (SSSR count). The van der Waals surface area contributed by atoms with Gasteiger partial charge in [0.05, 0.1) is 0 Å². The van der Waals surface area contributed by atoms with Gasteiger partial charge in [-0.3, -0.25) is 0 Å². The Morgan fingerprint density at radius 2 is 0.750 bits per heavy atom. The van der Waals surface area contributed by atoms with E-state index in [4.69, 9.17) is 0 Å². The first kappa shape index (κ1) is 29.1. The molecule has 0 spiro atoms. The normalized spacial score (nSPS) is 11.5. The summed E-state index contributed by atoms with van der Waals surface area (Å²) in [5, 5.41) is 9.83. The van der Waals surface area contributed by atoms with Crippen molar-refractivity contribution < 1.29 is 0 Å². The minimum absolute atomic E-state index is 1.10. The van der Waals surface area contributed by atoms with Crippen LogP contribution in [0.2, 0.25) is 0 Å². The van der Waals surface area contributed by atoms with Crippen LogP contribution in [-0.4, -0.2) is 0 Å². The van der Waals surface area contributed by atoms with Gasteiger partial charge in [0.25, 0.3) is 0 Å². The van der Waals surface area contributed by atoms with Crippen molar-refractivity contribution >= 4 is 74.9 Å². The lowest BCUT2D eigenvalue weighted by Crippen LogP contribution is -1.95. The largest absolute Gasteiger partial charge is 0.0622 e. The van der Waals surface area contributed by atoms with Crippen LogP contribution < -0.4 is 0 Å². The maximum Gasteiger partial charge on any atom is 0.0345 e. The first-order valence-corrected chi connectivity index (χ1v) is 17.7. The highest BCUT2D eigenvalue weighted by Gasteiger charge is 2.24. The highest BCUT2D eigenvalue weighted by atomic mass is 79.9. The summed E-state index contributed by atoms with van der Waals surface area (Å²) in [7, 11) is 0. The zero-order valence-corrected chi connectivity index (χ0v) is 29.1. The van der Waals surface area contributed by atoms with Crippen LogP contribution in [0.5, 0.6) is 0 Å². The molecule has 0 aliphatic heterocycles. The van der Waals surface area contributed by atoms with Crippen molar-refractivity contribution in [3.05, 3.63) is 179 Å². The molecular weight excluding hydrogens is 712 g/mol. The van der Waals surface area contributed by atoms with E-state index in [0.29, 0.717) is 0 Å². The van der Waals surface area contributed by atoms with Gasteiger partial charge in [-0.05, 0) is 110 Å². The second-order valence-corrected chi connectivity index (χ2v) is 13.9. The van der Waals surface area contributed by atoms with E-state index < -0.39 is 0 Å². The average molecular weight is 741 g/mol. The maximum absolute atomic E-state index is 4.27. The van der Waals surface area contributed by atoms with Crippen molar-refractivity contribution in [2.24, 2.45) is 0 Å². The molecule has 2 heteroatoms. The van der Waals surface area contributed by atoms with E-state index in [-0.39, 0.29) is 0 Å². The Morgan fingerprint density at radius 1 is 0.292 bits per heavy atom. The van der Waals surface area contributed by atoms with Gasteiger partial charge in [-0.25, -0.2) is 0 Å². The van der Waals surface area contributed by atoms with Crippen molar-refractivity contribution in [2.75, 3.05) is 0 Å². The van der Waals surface area contributed by atoms with Gasteiger partial charge in [0, 0.05) is 30.8 Å². The van der Waals surface area contributed by atoms with Crippen LogP contribution in [0.4, 0.5) is 0 Å². The fraction of sp³-hybridized carbons (Fsp3) is 0. The average Bonchev–Trinajstić information content (AvgIpc) is 3.16. The SMILES string of the molecule is Brc1c(-c2ccccc2)c(-c2ccccc2)c(Br)c2c3cc(-c4cccc5ccccc45)ccc3c3ccc(-c4ccccc4)cc3c12. The predicted molar refractivity (Wildman–Crippen MR) is 214 cm³/mol. The van der Waals surface area contributed by atoms with Gasteiger partial charge in [-0.15, -0.1) is 0 Å². The standard InChI is InChI=1S/C46H28Br2/c47-45-41(31-16-6-2-7-17-31)42(32-18-8-3-9-19-32)46(48)44-40-28-34(36-22-12-20-30-15-10-11-21-35(30)36)24-26-38(40)37-25-23-33(27-39(37)43(44)45)29-13-4-1-5-14-29/h1-28H. The number of halogens is 2. The summed E-state index contributed by atoms with van der Waals surface area (Å²) in [5.74, 6) is 0. The lowest BCUT2D eigenvalue weighted by atomic mass is 9.85. The molecule has 0 aromatic heterocycles. The molecule has 9 aromatic rings. The Kier molecular flexibility index (Phi) is 7.22. The molecule has 0 atom stereocenters. The number of fused-ring (bicyclic) bond motifs is 7. The second-order valence-electron chi connectivity index (χ2n) is 12.3. The molecule has 0 aliphatic carbocycles. The van der Waals surface area contributed by atoms with Gasteiger partial charge in [0.1, 0.15) is 0 Å². The fourth-order valence-electron chi connectivity index (χ4n) is 7.37. The quantitative estimate of drug-likeness (QED) is 0.158. The molecule has 0 amide bonds. The molecule has 0 N–H and O–H groups in total. The molecule has 0 unspecified atom stereocenters. The Morgan fingerprint density at radius 3 is 1.33 bits per heavy atom. The second kappa shape index (κ2) is 11.9. The van der Waals surface area contributed by atoms with Crippen LogP contribution in [0.25, 0.3) is 87.6 Å². The fourth-order valence-corrected chi connectivity index (χ4v) is 9.05. The van der Waals surface area contributed by atoms with E-state index in [1.165, 1.54) is 87.6 Å². The van der Waals surface area contributed by atoms with Crippen LogP contribution in [-0.2, 0) is 0 Å². The molecule has 0 nitrogen and oxygen atoms in total. The lowest BCUT2D eigenvalue weighted by Gasteiger charge is -2.22. The zero-order chi connectivity index (χ0) is 32.2. The third kappa shape index (κ3) is 4.71. The van der Waals surface area contributed by atoms with Gasteiger partial charge >= 0.3 is 0 Å². The van der Waals surface area contributed by atoms with Crippen LogP contribution >= 0.6 is 31.9 Å². The number of hydrogen-bond acceptors (Lipinski definition) is 0. The topological polar surface area (TPSA) is 0 Å². The summed E-state index contributed by atoms with van der Waals surface area (Å²) >= 11 is 8.53. The summed E-state index contributed by atoms with van der Waals surface area (Å²) in [6.45, 7) is 0. The minimum Gasteiger partial charge on any atom is -0.0622 e. The first-order chi connectivity index (χ1) is 23.7. The van der Waals surface area contributed by atoms with Gasteiger partial charge in [-0.1, -0.05) is 158 Å². The monoisotopic (exact) mass is 738 g/mol. The van der Waals surface area contributed by atoms with E-state index in [0.717, 1.165) is 8.95 Å². The van der Waals surface area contributed by atoms with Crippen molar-refractivity contribution in [3.63, 3.8) is 0 Å². The van der Waals surface area contributed by atoms with Gasteiger partial charge < -0.3 is 0 Å². The molecule has 226 valence electrons. The van der Waals surface area contributed by atoms with Crippen LogP contribution in [0.1, 0.15) is 0 Å². The maximum atomic E-state index is 4.27. The third-order valence-corrected chi connectivity index (χ3v) is 11.2. The van der Waals surface area contributed by atoms with E-state index in [9.17, 15) is 0 Å². The molecule has 0 saturated carbocycles. The molecule has 48 heavy (non-hydrogen) atoms. The molecule has 0 heterocycles. The van der Waals surface area contributed by atoms with Crippen LogP contribution in [0.3, 0.4) is 0 Å². The molecule has 9 aromatic carbocycles. The highest BCUT2D eigenvalue weighted by Crippen LogP contribution is 2.52. The zero-order valence-electron chi connectivity index (χ0n) is 25.9. The van der Waals surface area contributed by atoms with Crippen molar-refractivity contribution in [3.8, 4) is 44.5 Å². The van der Waals surface area contributed by atoms with Crippen LogP contribution in [0.15, 0.2) is 179 Å². The summed E-state index contributed by atoms with van der Waals surface area (Å²) in [4.78, 5) is 0. The van der Waals surface area contributed by atoms with Gasteiger partial charge in [-0.2, -0.15) is 0 Å². The lowest BCUT2D eigenvalue weighted by molar-refractivity contribution is 1.57. The minimum atomic E-state index is 1.10. The van der Waals surface area contributed by atoms with Gasteiger partial charge in [0.2, 0.25) is 0 Å². The van der Waals surface area contributed by atoms with E-state index in [2.05, 4.69) is 202 Å². The smallest absolute Gasteiger partial charge is 0.0345 e. The Hall–Kier alpha value is -5.02. The molecule has 0 radical (unpaired) electrons. The Balaban J connectivity index is 1.48. The number of rotatable bonds is 4. The van der Waals surface area contributed by atoms with Crippen molar-refractivity contribution in [2.45, 2.75) is 0 Å². The summed E-state index contributed by atoms with van der Waals surface area (Å²) in [6.07, 6.45) is 0. The molecule has 0 bridgehead atoms. The number of hydrogen-bond donors (Lipinski definition) is 0. The predicted octanol–water partition coefficient (Wildman–Crippen LogP) is 14.5. The Bertz CT molecular complexity index is 2650. The summed E-state index contributed by atoms with van der Waals surface area (Å²) in [5.41, 5.74) is 9.55. The van der Waals surface area contributed by atoms with Crippen molar-refractivity contribution in [1.82, 2.24) is 0 Å². The van der Waals surface area contributed by atoms with E-state index in [1.807, 2.05) is 0 Å². The highest BCUT2D eigenvalue weighted by molar-refractivity contribution is 9.11. The van der Waals surface area contributed by atoms with Crippen molar-refractivity contribution in [1.29, 1.82) is 0 Å². The Labute approximate surface area is 296 Å². The van der Waals surface area contributed by atoms with Crippen LogP contribution in [0, 0.1) is 0 Å². The number of benzene rings is 9. The summed E-state index contributed by atoms with van der Waals surface area (Å²) in [6, 6.07) is 61.4. The van der Waals surface area contributed by atoms with E-state index in [1.54, 1.807) is 0 Å². The molecular formula is C46H28Br2.